The first-order valence-electron chi connectivity index (χ1n) is 5.24. The van der Waals surface area contributed by atoms with Crippen molar-refractivity contribution < 1.29 is 14.7 Å². The second-order valence-electron chi connectivity index (χ2n) is 3.73. The third kappa shape index (κ3) is 8.40. The molecule has 0 aliphatic rings. The number of amides is 2. The Bertz CT molecular complexity index is 236. The quantitative estimate of drug-likeness (QED) is 0.634. The van der Waals surface area contributed by atoms with E-state index in [1.54, 1.807) is 18.7 Å². The Morgan fingerprint density at radius 2 is 2.00 bits per heavy atom. The molecular formula is C10H20N2O3S. The number of carboxylic acids is 1. The number of carbonyl (C=O) groups excluding carboxylic acids is 1. The second kappa shape index (κ2) is 8.27. The molecule has 0 aliphatic heterocycles. The topological polar surface area (TPSA) is 78.4 Å². The zero-order valence-corrected chi connectivity index (χ0v) is 10.8. The molecule has 0 aromatic rings. The minimum absolute atomic E-state index is 0.0721. The lowest BCUT2D eigenvalue weighted by Gasteiger charge is -2.15. The van der Waals surface area contributed by atoms with Gasteiger partial charge in [-0.05, 0) is 19.6 Å². The van der Waals surface area contributed by atoms with Gasteiger partial charge in [0.05, 0.1) is 0 Å². The highest BCUT2D eigenvalue weighted by Gasteiger charge is 2.09. The third-order valence-corrected chi connectivity index (χ3v) is 3.09. The van der Waals surface area contributed by atoms with E-state index in [9.17, 15) is 9.59 Å². The maximum Gasteiger partial charge on any atom is 0.315 e. The second-order valence-corrected chi connectivity index (χ2v) is 5.01. The number of carbonyl (C=O) groups is 2. The van der Waals surface area contributed by atoms with Crippen molar-refractivity contribution in [2.75, 3.05) is 12.8 Å². The lowest BCUT2D eigenvalue weighted by atomic mass is 10.2. The Balaban J connectivity index is 3.65. The molecular weight excluding hydrogens is 228 g/mol. The van der Waals surface area contributed by atoms with Gasteiger partial charge in [-0.2, -0.15) is 11.8 Å². The summed E-state index contributed by atoms with van der Waals surface area (Å²) < 4.78 is 0. The minimum atomic E-state index is -0.843. The van der Waals surface area contributed by atoms with Gasteiger partial charge in [-0.1, -0.05) is 6.92 Å². The standard InChI is InChI=1S/C10H20N2O3S/c1-7(4-5-9(13)14)12-10(15)11-6-8(2)16-3/h7-8H,4-6H2,1-3H3,(H,13,14)(H2,11,12,15). The Morgan fingerprint density at radius 3 is 2.50 bits per heavy atom. The highest BCUT2D eigenvalue weighted by molar-refractivity contribution is 7.99. The maximum absolute atomic E-state index is 11.3. The van der Waals surface area contributed by atoms with Crippen LogP contribution >= 0.6 is 11.8 Å². The van der Waals surface area contributed by atoms with Gasteiger partial charge in [0.25, 0.3) is 0 Å². The van der Waals surface area contributed by atoms with Crippen LogP contribution in [-0.4, -0.2) is 41.2 Å². The van der Waals surface area contributed by atoms with Crippen molar-refractivity contribution in [2.45, 2.75) is 38.0 Å². The average Bonchev–Trinajstić information content (AvgIpc) is 2.23. The number of hydrogen-bond donors (Lipinski definition) is 3. The normalized spacial score (nSPS) is 13.9. The third-order valence-electron chi connectivity index (χ3n) is 2.12. The van der Waals surface area contributed by atoms with Crippen LogP contribution in [-0.2, 0) is 4.79 Å². The summed E-state index contributed by atoms with van der Waals surface area (Å²) in [5.41, 5.74) is 0. The molecule has 0 aromatic heterocycles. The molecule has 0 fully saturated rings. The summed E-state index contributed by atoms with van der Waals surface area (Å²) in [6.45, 7) is 4.43. The zero-order valence-electron chi connectivity index (χ0n) is 9.95. The van der Waals surface area contributed by atoms with E-state index in [1.807, 2.05) is 13.2 Å². The summed E-state index contributed by atoms with van der Waals surface area (Å²) in [6, 6.07) is -0.362. The molecule has 0 saturated heterocycles. The molecule has 2 atom stereocenters. The number of rotatable bonds is 7. The Morgan fingerprint density at radius 1 is 1.38 bits per heavy atom. The van der Waals surface area contributed by atoms with Gasteiger partial charge in [-0.15, -0.1) is 0 Å². The van der Waals surface area contributed by atoms with Gasteiger partial charge in [-0.25, -0.2) is 4.79 Å². The van der Waals surface area contributed by atoms with Crippen LogP contribution in [0, 0.1) is 0 Å². The monoisotopic (exact) mass is 248 g/mol. The summed E-state index contributed by atoms with van der Waals surface area (Å²) in [6.07, 6.45) is 2.50. The van der Waals surface area contributed by atoms with Crippen LogP contribution < -0.4 is 10.6 Å². The highest BCUT2D eigenvalue weighted by Crippen LogP contribution is 2.02. The van der Waals surface area contributed by atoms with Crippen molar-refractivity contribution in [3.63, 3.8) is 0 Å². The fourth-order valence-electron chi connectivity index (χ4n) is 1.01. The number of urea groups is 1. The van der Waals surface area contributed by atoms with Crippen LogP contribution in [0.15, 0.2) is 0 Å². The predicted molar refractivity (Wildman–Crippen MR) is 65.8 cm³/mol. The van der Waals surface area contributed by atoms with Gasteiger partial charge in [0, 0.05) is 24.3 Å². The number of hydrogen-bond acceptors (Lipinski definition) is 3. The molecule has 0 saturated carbocycles. The fraction of sp³-hybridized carbons (Fsp3) is 0.800. The van der Waals surface area contributed by atoms with Crippen LogP contribution in [0.5, 0.6) is 0 Å². The van der Waals surface area contributed by atoms with E-state index in [0.29, 0.717) is 18.2 Å². The highest BCUT2D eigenvalue weighted by atomic mass is 32.2. The first-order chi connectivity index (χ1) is 7.45. The summed E-state index contributed by atoms with van der Waals surface area (Å²) >= 11 is 1.68. The van der Waals surface area contributed by atoms with Gasteiger partial charge in [-0.3, -0.25) is 4.79 Å². The molecule has 0 rings (SSSR count). The Labute approximate surface area is 100 Å². The largest absolute Gasteiger partial charge is 0.481 e. The van der Waals surface area contributed by atoms with E-state index in [2.05, 4.69) is 10.6 Å². The van der Waals surface area contributed by atoms with E-state index >= 15 is 0 Å². The molecule has 0 radical (unpaired) electrons. The number of thioether (sulfide) groups is 1. The molecule has 16 heavy (non-hydrogen) atoms. The summed E-state index contributed by atoms with van der Waals surface area (Å²) in [4.78, 5) is 21.7. The molecule has 3 N–H and O–H groups in total. The van der Waals surface area contributed by atoms with Gasteiger partial charge < -0.3 is 15.7 Å². The van der Waals surface area contributed by atoms with E-state index in [0.717, 1.165) is 0 Å². The lowest BCUT2D eigenvalue weighted by Crippen LogP contribution is -2.42. The van der Waals surface area contributed by atoms with Crippen molar-refractivity contribution in [3.8, 4) is 0 Å². The van der Waals surface area contributed by atoms with Crippen molar-refractivity contribution in [2.24, 2.45) is 0 Å². The van der Waals surface area contributed by atoms with Crippen LogP contribution in [0.3, 0.4) is 0 Å². The van der Waals surface area contributed by atoms with E-state index in [4.69, 9.17) is 5.11 Å². The Kier molecular flexibility index (Phi) is 7.80. The molecule has 94 valence electrons. The van der Waals surface area contributed by atoms with Crippen LogP contribution in [0.25, 0.3) is 0 Å². The SMILES string of the molecule is CSC(C)CNC(=O)NC(C)CCC(=O)O. The first-order valence-corrected chi connectivity index (χ1v) is 6.53. The van der Waals surface area contributed by atoms with Crippen molar-refractivity contribution in [3.05, 3.63) is 0 Å². The van der Waals surface area contributed by atoms with E-state index in [-0.39, 0.29) is 18.5 Å². The van der Waals surface area contributed by atoms with Crippen LogP contribution in [0.2, 0.25) is 0 Å². The van der Waals surface area contributed by atoms with E-state index in [1.165, 1.54) is 0 Å². The zero-order chi connectivity index (χ0) is 12.6. The lowest BCUT2D eigenvalue weighted by molar-refractivity contribution is -0.137. The predicted octanol–water partition coefficient (Wildman–Crippen LogP) is 1.29. The summed E-state index contributed by atoms with van der Waals surface area (Å²) in [7, 11) is 0. The van der Waals surface area contributed by atoms with Gasteiger partial charge in [0.2, 0.25) is 0 Å². The fourth-order valence-corrected chi connectivity index (χ4v) is 1.26. The van der Waals surface area contributed by atoms with Gasteiger partial charge in [0.15, 0.2) is 0 Å². The molecule has 0 bridgehead atoms. The smallest absolute Gasteiger partial charge is 0.315 e. The van der Waals surface area contributed by atoms with Crippen LogP contribution in [0.1, 0.15) is 26.7 Å². The van der Waals surface area contributed by atoms with Gasteiger partial charge in [0.1, 0.15) is 0 Å². The number of nitrogens with one attached hydrogen (secondary N) is 2. The van der Waals surface area contributed by atoms with Crippen molar-refractivity contribution >= 4 is 23.8 Å². The first kappa shape index (κ1) is 15.1. The van der Waals surface area contributed by atoms with Crippen molar-refractivity contribution in [1.29, 1.82) is 0 Å². The van der Waals surface area contributed by atoms with Gasteiger partial charge >= 0.3 is 12.0 Å². The summed E-state index contributed by atoms with van der Waals surface area (Å²) in [5.74, 6) is -0.843. The molecule has 0 heterocycles. The molecule has 2 amide bonds. The minimum Gasteiger partial charge on any atom is -0.481 e. The average molecular weight is 248 g/mol. The van der Waals surface area contributed by atoms with Crippen LogP contribution in [0.4, 0.5) is 4.79 Å². The maximum atomic E-state index is 11.3. The van der Waals surface area contributed by atoms with E-state index < -0.39 is 5.97 Å². The number of carboxylic acid groups (broad SMARTS) is 1. The number of aliphatic carboxylic acids is 1. The molecule has 0 aromatic carbocycles. The molecule has 2 unspecified atom stereocenters. The molecule has 6 heteroatoms. The molecule has 0 aliphatic carbocycles. The molecule has 5 nitrogen and oxygen atoms in total. The van der Waals surface area contributed by atoms with Crippen molar-refractivity contribution in [1.82, 2.24) is 10.6 Å². The summed E-state index contributed by atoms with van der Waals surface area (Å²) in [5, 5.41) is 14.3. The Hall–Kier alpha value is -0.910. The molecule has 0 spiro atoms.